The summed E-state index contributed by atoms with van der Waals surface area (Å²) in [5, 5.41) is 8.10. The van der Waals surface area contributed by atoms with E-state index in [4.69, 9.17) is 19.9 Å². The van der Waals surface area contributed by atoms with Crippen molar-refractivity contribution < 1.29 is 41.2 Å². The second-order valence-corrected chi connectivity index (χ2v) is 11.1. The number of ether oxygens (including phenoxy) is 1. The maximum Gasteiger partial charge on any atom is 0.418 e. The molecule has 0 saturated carbocycles. The van der Waals surface area contributed by atoms with E-state index >= 15 is 0 Å². The number of benzene rings is 2. The number of hydrogen-bond acceptors (Lipinski definition) is 12. The molecule has 1 atom stereocenters. The van der Waals surface area contributed by atoms with Gasteiger partial charge in [0.25, 0.3) is 11.8 Å². The Morgan fingerprint density at radius 2 is 1.73 bits per heavy atom. The van der Waals surface area contributed by atoms with Crippen molar-refractivity contribution >= 4 is 50.4 Å². The number of nitrogens with one attached hydrogen (secondary N) is 1. The number of carbonyl (C=O) groups excluding carboxylic acids is 3. The zero-order valence-corrected chi connectivity index (χ0v) is 23.3. The average molecular weight is 604 g/mol. The summed E-state index contributed by atoms with van der Waals surface area (Å²) in [5.41, 5.74) is 5.37. The Labute approximate surface area is 238 Å². The number of nitrogen functional groups attached to an aromatic ring is 1. The van der Waals surface area contributed by atoms with Gasteiger partial charge < -0.3 is 20.6 Å². The number of nitrogens with two attached hydrogens (primary N) is 1. The molecule has 4 N–H and O–H groups in total. The molecule has 216 valence electrons. The largest absolute Gasteiger partial charge is 0.450 e. The van der Waals surface area contributed by atoms with Crippen LogP contribution in [0.2, 0.25) is 0 Å². The second-order valence-electron chi connectivity index (χ2n) is 9.17. The summed E-state index contributed by atoms with van der Waals surface area (Å²) in [6.45, 7) is 2.12. The summed E-state index contributed by atoms with van der Waals surface area (Å²) in [4.78, 5) is 47.4. The van der Waals surface area contributed by atoms with Crippen LogP contribution in [0.5, 0.6) is 0 Å². The lowest BCUT2D eigenvalue weighted by Crippen LogP contribution is -2.76. The number of hydroxylamine groups is 2. The number of aromatic nitrogens is 1. The summed E-state index contributed by atoms with van der Waals surface area (Å²) < 4.78 is 41.0. The van der Waals surface area contributed by atoms with Gasteiger partial charge in [-0.3, -0.25) is 14.1 Å². The normalized spacial score (nSPS) is 16.7. The first-order valence-corrected chi connectivity index (χ1v) is 14.1. The molecule has 16 heteroatoms. The molecule has 2 heterocycles. The molecule has 3 aromatic rings. The van der Waals surface area contributed by atoms with E-state index < -0.39 is 58.2 Å². The molecule has 1 unspecified atom stereocenters. The van der Waals surface area contributed by atoms with E-state index in [2.05, 4.69) is 19.7 Å². The number of esters is 1. The van der Waals surface area contributed by atoms with Gasteiger partial charge in [0.1, 0.15) is 11.7 Å². The van der Waals surface area contributed by atoms with Crippen LogP contribution in [-0.2, 0) is 38.6 Å². The van der Waals surface area contributed by atoms with Gasteiger partial charge in [-0.25, -0.2) is 9.78 Å². The van der Waals surface area contributed by atoms with Gasteiger partial charge in [0.2, 0.25) is 6.61 Å². The minimum absolute atomic E-state index is 0.000403. The van der Waals surface area contributed by atoms with Crippen molar-refractivity contribution in [3.05, 3.63) is 82.9 Å². The highest BCUT2D eigenvalue weighted by Crippen LogP contribution is 2.33. The number of oxime groups is 1. The first-order chi connectivity index (χ1) is 19.4. The molecule has 4 rings (SSSR count). The smallest absolute Gasteiger partial charge is 0.418 e. The van der Waals surface area contributed by atoms with Crippen LogP contribution in [0.15, 0.2) is 71.2 Å². The SMILES string of the molecule is CC1(C)C(NC(=O)/C(=N\OCC(=O)OC(c2ccccc2)c2ccccc2)c2csc(N)n2)C(=O)N1OS(=O)(=O)O. The van der Waals surface area contributed by atoms with Crippen LogP contribution in [0.1, 0.15) is 36.8 Å². The van der Waals surface area contributed by atoms with E-state index in [0.717, 1.165) is 22.5 Å². The fraction of sp³-hybridized carbons (Fsp3) is 0.240. The lowest BCUT2D eigenvalue weighted by Gasteiger charge is -2.50. The standard InChI is InChI=1S/C25H25N5O9S2/c1-25(2)21(23(33)30(25)39-41(34,35)36)28-22(32)19(17-14-40-24(26)27-17)29-37-13-18(31)38-20(15-9-5-3-6-10-15)16-11-7-4-8-12-16/h3-12,14,20-21H,13H2,1-2H3,(H2,26,27)(H,28,32)(H,34,35,36)/b29-19-. The number of hydrogen-bond donors (Lipinski definition) is 3. The van der Waals surface area contributed by atoms with Gasteiger partial charge in [-0.2, -0.15) is 13.5 Å². The summed E-state index contributed by atoms with van der Waals surface area (Å²) in [7, 11) is -4.98. The molecule has 0 spiro atoms. The van der Waals surface area contributed by atoms with Crippen molar-refractivity contribution in [2.75, 3.05) is 12.3 Å². The topological polar surface area (TPSA) is 200 Å². The number of amides is 2. The summed E-state index contributed by atoms with van der Waals surface area (Å²) in [5.74, 6) is -2.67. The van der Waals surface area contributed by atoms with Gasteiger partial charge in [-0.1, -0.05) is 65.8 Å². The van der Waals surface area contributed by atoms with E-state index in [1.54, 1.807) is 0 Å². The number of β-lactam (4-membered cyclic amide) rings is 1. The lowest BCUT2D eigenvalue weighted by molar-refractivity contribution is -0.218. The van der Waals surface area contributed by atoms with E-state index in [1.807, 2.05) is 60.7 Å². The molecule has 1 aromatic heterocycles. The van der Waals surface area contributed by atoms with Crippen molar-refractivity contribution in [1.29, 1.82) is 0 Å². The van der Waals surface area contributed by atoms with Gasteiger partial charge in [0.15, 0.2) is 16.9 Å². The third kappa shape index (κ3) is 7.04. The third-order valence-corrected chi connectivity index (χ3v) is 6.90. The Bertz CT molecular complexity index is 1520. The highest BCUT2D eigenvalue weighted by Gasteiger charge is 2.58. The number of rotatable bonds is 11. The molecule has 41 heavy (non-hydrogen) atoms. The van der Waals surface area contributed by atoms with Crippen molar-refractivity contribution in [2.45, 2.75) is 31.5 Å². The molecule has 0 aliphatic carbocycles. The molecular weight excluding hydrogens is 578 g/mol. The van der Waals surface area contributed by atoms with Crippen molar-refractivity contribution in [3.63, 3.8) is 0 Å². The first-order valence-electron chi connectivity index (χ1n) is 11.9. The van der Waals surface area contributed by atoms with Gasteiger partial charge in [-0.05, 0) is 25.0 Å². The van der Waals surface area contributed by atoms with E-state index in [1.165, 1.54) is 19.2 Å². The Hall–Kier alpha value is -4.38. The van der Waals surface area contributed by atoms with Crippen LogP contribution >= 0.6 is 11.3 Å². The number of carbonyl (C=O) groups is 3. The van der Waals surface area contributed by atoms with Crippen LogP contribution in [0.4, 0.5) is 5.13 Å². The third-order valence-electron chi connectivity index (χ3n) is 5.89. The minimum atomic E-state index is -4.98. The molecule has 1 saturated heterocycles. The van der Waals surface area contributed by atoms with Gasteiger partial charge in [0.05, 0.1) is 5.54 Å². The molecular formula is C25H25N5O9S2. The van der Waals surface area contributed by atoms with Crippen LogP contribution in [-0.4, -0.2) is 64.7 Å². The van der Waals surface area contributed by atoms with Crippen LogP contribution < -0.4 is 11.1 Å². The molecule has 2 amide bonds. The van der Waals surface area contributed by atoms with E-state index in [9.17, 15) is 22.8 Å². The van der Waals surface area contributed by atoms with Gasteiger partial charge >= 0.3 is 16.4 Å². The Kier molecular flexibility index (Phi) is 8.67. The first kappa shape index (κ1) is 29.6. The van der Waals surface area contributed by atoms with Gasteiger partial charge in [0, 0.05) is 5.38 Å². The average Bonchev–Trinajstić information content (AvgIpc) is 3.37. The Morgan fingerprint density at radius 3 is 2.22 bits per heavy atom. The fourth-order valence-electron chi connectivity index (χ4n) is 3.92. The quantitative estimate of drug-likeness (QED) is 0.0945. The molecule has 0 bridgehead atoms. The predicted octanol–water partition coefficient (Wildman–Crippen LogP) is 1.62. The fourth-order valence-corrected chi connectivity index (χ4v) is 4.92. The maximum absolute atomic E-state index is 13.1. The molecule has 1 fully saturated rings. The molecule has 14 nitrogen and oxygen atoms in total. The number of nitrogens with zero attached hydrogens (tertiary/aromatic N) is 3. The molecule has 1 aliphatic rings. The Morgan fingerprint density at radius 1 is 1.15 bits per heavy atom. The van der Waals surface area contributed by atoms with Gasteiger partial charge in [-0.15, -0.1) is 15.6 Å². The van der Waals surface area contributed by atoms with Crippen molar-refractivity contribution in [1.82, 2.24) is 15.4 Å². The van der Waals surface area contributed by atoms with Crippen LogP contribution in [0.25, 0.3) is 0 Å². The predicted molar refractivity (Wildman–Crippen MR) is 145 cm³/mol. The molecule has 2 aromatic carbocycles. The van der Waals surface area contributed by atoms with E-state index in [0.29, 0.717) is 5.06 Å². The zero-order valence-electron chi connectivity index (χ0n) is 21.7. The maximum atomic E-state index is 13.1. The summed E-state index contributed by atoms with van der Waals surface area (Å²) in [6.07, 6.45) is -0.724. The zero-order chi connectivity index (χ0) is 29.8. The number of thiazole rings is 1. The summed E-state index contributed by atoms with van der Waals surface area (Å²) >= 11 is 1.01. The van der Waals surface area contributed by atoms with Crippen molar-refractivity contribution in [3.8, 4) is 0 Å². The van der Waals surface area contributed by atoms with E-state index in [-0.39, 0.29) is 10.8 Å². The Balaban J connectivity index is 1.47. The monoisotopic (exact) mass is 603 g/mol. The summed E-state index contributed by atoms with van der Waals surface area (Å²) in [6, 6.07) is 16.9. The lowest BCUT2D eigenvalue weighted by atomic mass is 9.84. The van der Waals surface area contributed by atoms with Crippen LogP contribution in [0, 0.1) is 0 Å². The molecule has 1 aliphatic heterocycles. The highest BCUT2D eigenvalue weighted by molar-refractivity contribution is 7.80. The van der Waals surface area contributed by atoms with Crippen LogP contribution in [0.3, 0.4) is 0 Å². The minimum Gasteiger partial charge on any atom is -0.450 e. The molecule has 0 radical (unpaired) electrons. The highest BCUT2D eigenvalue weighted by atomic mass is 32.3. The van der Waals surface area contributed by atoms with Crippen molar-refractivity contribution in [2.24, 2.45) is 5.16 Å². The second kappa shape index (κ2) is 12.0. The number of anilines is 1.